The molecule has 8 rings (SSSR count). The van der Waals surface area contributed by atoms with Crippen molar-refractivity contribution in [3.8, 4) is 0 Å². The van der Waals surface area contributed by atoms with Gasteiger partial charge in [0.25, 0.3) is 0 Å². The normalized spacial score (nSPS) is 40.6. The lowest BCUT2D eigenvalue weighted by atomic mass is 9.57. The minimum absolute atomic E-state index is 0.876. The summed E-state index contributed by atoms with van der Waals surface area (Å²) in [5.74, 6) is 4.60. The van der Waals surface area contributed by atoms with Crippen molar-refractivity contribution in [1.82, 2.24) is 0 Å². The molecule has 0 saturated heterocycles. The molecule has 0 radical (unpaired) electrons. The van der Waals surface area contributed by atoms with Crippen molar-refractivity contribution in [3.05, 3.63) is 52.6 Å². The van der Waals surface area contributed by atoms with Gasteiger partial charge in [-0.15, -0.1) is 0 Å². The van der Waals surface area contributed by atoms with Gasteiger partial charge in [0, 0.05) is 5.92 Å². The lowest BCUT2D eigenvalue weighted by Crippen LogP contribution is -2.36. The molecule has 0 aromatic heterocycles. The first-order chi connectivity index (χ1) is 11.4. The van der Waals surface area contributed by atoms with Crippen LogP contribution in [0.15, 0.2) is 47.1 Å². The van der Waals surface area contributed by atoms with Crippen LogP contribution in [0.5, 0.6) is 0 Å². The van der Waals surface area contributed by atoms with Gasteiger partial charge in [0.05, 0.1) is 0 Å². The molecule has 1 unspecified atom stereocenters. The molecule has 118 valence electrons. The van der Waals surface area contributed by atoms with Gasteiger partial charge in [-0.25, -0.2) is 0 Å². The summed E-state index contributed by atoms with van der Waals surface area (Å²) in [4.78, 5) is 0. The van der Waals surface area contributed by atoms with Gasteiger partial charge < -0.3 is 0 Å². The quantitative estimate of drug-likeness (QED) is 0.596. The largest absolute Gasteiger partial charge is 0.0622 e. The molecule has 0 N–H and O–H groups in total. The van der Waals surface area contributed by atoms with E-state index in [1.54, 1.807) is 5.57 Å². The molecular weight excluding hydrogens is 276 g/mol. The second-order valence-corrected chi connectivity index (χ2v) is 8.70. The Morgan fingerprint density at radius 1 is 0.609 bits per heavy atom. The molecule has 4 bridgehead atoms. The van der Waals surface area contributed by atoms with Crippen LogP contribution in [0.3, 0.4) is 0 Å². The number of fused-ring (bicyclic) bond motifs is 4. The summed E-state index contributed by atoms with van der Waals surface area (Å²) in [6, 6.07) is 11.5. The molecule has 1 aromatic rings. The molecule has 7 aliphatic carbocycles. The van der Waals surface area contributed by atoms with E-state index in [1.165, 1.54) is 56.9 Å². The van der Waals surface area contributed by atoms with Crippen LogP contribution in [0.1, 0.15) is 56.9 Å². The van der Waals surface area contributed by atoms with E-state index in [-0.39, 0.29) is 0 Å². The number of hydrogen-bond acceptors (Lipinski definition) is 0. The molecule has 0 heterocycles. The Morgan fingerprint density at radius 3 is 1.96 bits per heavy atom. The van der Waals surface area contributed by atoms with Crippen LogP contribution in [0.4, 0.5) is 0 Å². The molecule has 0 spiro atoms. The summed E-state index contributed by atoms with van der Waals surface area (Å²) in [6.07, 6.45) is 11.9. The Labute approximate surface area is 139 Å². The molecule has 0 nitrogen and oxygen atoms in total. The van der Waals surface area contributed by atoms with Crippen molar-refractivity contribution < 1.29 is 0 Å². The van der Waals surface area contributed by atoms with E-state index in [9.17, 15) is 0 Å². The maximum Gasteiger partial charge on any atom is 0.00563 e. The fourth-order valence-electron chi connectivity index (χ4n) is 7.05. The van der Waals surface area contributed by atoms with Crippen LogP contribution in [0.25, 0.3) is 5.57 Å². The maximum atomic E-state index is 2.39. The van der Waals surface area contributed by atoms with Gasteiger partial charge in [0.15, 0.2) is 0 Å². The Bertz CT molecular complexity index is 704. The predicted octanol–water partition coefficient (Wildman–Crippen LogP) is 6.01. The Kier molecular flexibility index (Phi) is 2.62. The predicted molar refractivity (Wildman–Crippen MR) is 94.8 cm³/mol. The van der Waals surface area contributed by atoms with E-state index < -0.39 is 0 Å². The zero-order valence-corrected chi connectivity index (χ0v) is 13.9. The van der Waals surface area contributed by atoms with Crippen LogP contribution in [-0.4, -0.2) is 0 Å². The summed E-state index contributed by atoms with van der Waals surface area (Å²) >= 11 is 0. The third-order valence-electron chi connectivity index (χ3n) is 7.86. The first-order valence-corrected chi connectivity index (χ1v) is 9.95. The van der Waals surface area contributed by atoms with Crippen LogP contribution >= 0.6 is 0 Å². The van der Waals surface area contributed by atoms with Crippen molar-refractivity contribution in [2.75, 3.05) is 0 Å². The fourth-order valence-corrected chi connectivity index (χ4v) is 7.05. The van der Waals surface area contributed by atoms with Gasteiger partial charge in [-0.2, -0.15) is 0 Å². The van der Waals surface area contributed by atoms with E-state index in [4.69, 9.17) is 0 Å². The highest BCUT2D eigenvalue weighted by Gasteiger charge is 2.52. The topological polar surface area (TPSA) is 0 Å². The lowest BCUT2D eigenvalue weighted by molar-refractivity contribution is 0.172. The summed E-state index contributed by atoms with van der Waals surface area (Å²) < 4.78 is 0. The van der Waals surface area contributed by atoms with Gasteiger partial charge in [0.1, 0.15) is 0 Å². The minimum atomic E-state index is 0.876. The van der Waals surface area contributed by atoms with Crippen LogP contribution < -0.4 is 0 Å². The second-order valence-electron chi connectivity index (χ2n) is 8.70. The number of hydrogen-bond donors (Lipinski definition) is 0. The highest BCUT2D eigenvalue weighted by molar-refractivity contribution is 5.88. The first kappa shape index (κ1) is 13.0. The highest BCUT2D eigenvalue weighted by Crippen LogP contribution is 2.65. The fraction of sp³-hybridized carbons (Fsp3) is 0.565. The number of rotatable bonds is 1. The van der Waals surface area contributed by atoms with E-state index in [1.807, 2.05) is 16.7 Å². The molecular formula is C23H26. The summed E-state index contributed by atoms with van der Waals surface area (Å²) in [5.41, 5.74) is 9.06. The SMILES string of the molecule is c1ccc(C2=C3C4CCC(CC4)C3C3=C2C2CCC3CC2)cc1. The van der Waals surface area contributed by atoms with Crippen LogP contribution in [0.2, 0.25) is 0 Å². The molecule has 23 heavy (non-hydrogen) atoms. The van der Waals surface area contributed by atoms with Gasteiger partial charge in [0.2, 0.25) is 0 Å². The zero-order chi connectivity index (χ0) is 15.0. The molecule has 1 aromatic carbocycles. The van der Waals surface area contributed by atoms with Gasteiger partial charge in [-0.3, -0.25) is 0 Å². The molecule has 0 aliphatic heterocycles. The van der Waals surface area contributed by atoms with E-state index in [2.05, 4.69) is 30.3 Å². The molecule has 1 atom stereocenters. The standard InChI is InChI=1S/C23H26/c1-2-4-14(5-3-1)19-20-15-6-10-17(11-7-15)22(20)23-18-12-8-16(9-13-18)21(19)23/h1-5,15-18,22H,6-13H2. The molecule has 0 amide bonds. The summed E-state index contributed by atoms with van der Waals surface area (Å²) in [5, 5.41) is 0. The average Bonchev–Trinajstić information content (AvgIpc) is 3.05. The lowest BCUT2D eigenvalue weighted by Gasteiger charge is -2.47. The summed E-state index contributed by atoms with van der Waals surface area (Å²) in [7, 11) is 0. The van der Waals surface area contributed by atoms with Gasteiger partial charge >= 0.3 is 0 Å². The smallest absolute Gasteiger partial charge is 0.00563 e. The third-order valence-corrected chi connectivity index (χ3v) is 7.86. The van der Waals surface area contributed by atoms with Crippen molar-refractivity contribution >= 4 is 5.57 Å². The van der Waals surface area contributed by atoms with Crippen LogP contribution in [0, 0.1) is 29.6 Å². The van der Waals surface area contributed by atoms with Crippen molar-refractivity contribution in [1.29, 1.82) is 0 Å². The van der Waals surface area contributed by atoms with Crippen molar-refractivity contribution in [3.63, 3.8) is 0 Å². The Hall–Kier alpha value is -1.30. The van der Waals surface area contributed by atoms with Crippen molar-refractivity contribution in [2.24, 2.45) is 29.6 Å². The Balaban J connectivity index is 1.62. The monoisotopic (exact) mass is 302 g/mol. The van der Waals surface area contributed by atoms with Gasteiger partial charge in [-0.1, -0.05) is 41.5 Å². The van der Waals surface area contributed by atoms with E-state index in [0.717, 1.165) is 29.6 Å². The molecule has 4 saturated carbocycles. The second kappa shape index (κ2) is 4.62. The van der Waals surface area contributed by atoms with Gasteiger partial charge in [-0.05, 0) is 91.7 Å². The highest BCUT2D eigenvalue weighted by atomic mass is 14.6. The van der Waals surface area contributed by atoms with E-state index >= 15 is 0 Å². The first-order valence-electron chi connectivity index (χ1n) is 9.95. The maximum absolute atomic E-state index is 2.39. The number of benzene rings is 1. The zero-order valence-electron chi connectivity index (χ0n) is 13.9. The average molecular weight is 302 g/mol. The van der Waals surface area contributed by atoms with Crippen molar-refractivity contribution in [2.45, 2.75) is 51.4 Å². The molecule has 4 fully saturated rings. The molecule has 0 heteroatoms. The molecule has 7 aliphatic rings. The Morgan fingerprint density at radius 2 is 1.22 bits per heavy atom. The minimum Gasteiger partial charge on any atom is -0.0622 e. The third kappa shape index (κ3) is 1.63. The number of allylic oxidation sites excluding steroid dienone is 4. The van der Waals surface area contributed by atoms with Crippen LogP contribution in [-0.2, 0) is 0 Å². The van der Waals surface area contributed by atoms with E-state index in [0.29, 0.717) is 0 Å². The summed E-state index contributed by atoms with van der Waals surface area (Å²) in [6.45, 7) is 0.